The molecule has 0 aromatic heterocycles. The molecule has 3 nitrogen and oxygen atoms in total. The second-order valence-electron chi connectivity index (χ2n) is 3.48. The van der Waals surface area contributed by atoms with Crippen LogP contribution in [0.15, 0.2) is 18.2 Å². The van der Waals surface area contributed by atoms with Crippen molar-refractivity contribution in [2.75, 3.05) is 5.88 Å². The van der Waals surface area contributed by atoms with Crippen LogP contribution in [-0.2, 0) is 4.79 Å². The number of ether oxygens (including phenoxy) is 1. The Morgan fingerprint density at radius 2 is 2.17 bits per heavy atom. The molecule has 0 heterocycles. The van der Waals surface area contributed by atoms with Gasteiger partial charge in [-0.2, -0.15) is 8.78 Å². The van der Waals surface area contributed by atoms with Crippen molar-refractivity contribution in [3.63, 3.8) is 0 Å². The van der Waals surface area contributed by atoms with Gasteiger partial charge in [0.2, 0.25) is 5.91 Å². The van der Waals surface area contributed by atoms with E-state index in [0.29, 0.717) is 0 Å². The Morgan fingerprint density at radius 1 is 1.50 bits per heavy atom. The Kier molecular flexibility index (Phi) is 5.27. The van der Waals surface area contributed by atoms with Crippen molar-refractivity contribution in [3.8, 4) is 5.75 Å². The van der Waals surface area contributed by atoms with E-state index in [2.05, 4.69) is 10.1 Å². The van der Waals surface area contributed by atoms with E-state index in [1.807, 2.05) is 0 Å². The third-order valence-corrected chi connectivity index (χ3v) is 2.40. The van der Waals surface area contributed by atoms with Crippen molar-refractivity contribution >= 4 is 17.5 Å². The minimum atomic E-state index is -3.07. The summed E-state index contributed by atoms with van der Waals surface area (Å²) in [6.07, 6.45) is 0. The molecule has 0 radical (unpaired) electrons. The number of halogens is 4. The molecule has 1 N–H and O–H groups in total. The first-order valence-corrected chi connectivity index (χ1v) is 5.57. The van der Waals surface area contributed by atoms with Crippen LogP contribution in [0.4, 0.5) is 13.2 Å². The van der Waals surface area contributed by atoms with E-state index >= 15 is 0 Å². The molecule has 0 bridgehead atoms. The predicted molar refractivity (Wildman–Crippen MR) is 60.3 cm³/mol. The van der Waals surface area contributed by atoms with Crippen LogP contribution in [0, 0.1) is 5.82 Å². The normalized spacial score (nSPS) is 12.3. The fourth-order valence-corrected chi connectivity index (χ4v) is 1.50. The summed E-state index contributed by atoms with van der Waals surface area (Å²) >= 11 is 5.31. The Morgan fingerprint density at radius 3 is 2.72 bits per heavy atom. The first-order valence-electron chi connectivity index (χ1n) is 5.03. The van der Waals surface area contributed by atoms with Crippen molar-refractivity contribution in [3.05, 3.63) is 29.6 Å². The molecule has 7 heteroatoms. The summed E-state index contributed by atoms with van der Waals surface area (Å²) in [5.74, 6) is -1.73. The van der Waals surface area contributed by atoms with Gasteiger partial charge in [0, 0.05) is 11.6 Å². The SMILES string of the molecule is C[C@@H](NC(=O)CCl)c1ccc(F)cc1OC(F)F. The lowest BCUT2D eigenvalue weighted by molar-refractivity contribution is -0.119. The highest BCUT2D eigenvalue weighted by Crippen LogP contribution is 2.27. The highest BCUT2D eigenvalue weighted by molar-refractivity contribution is 6.27. The van der Waals surface area contributed by atoms with Gasteiger partial charge in [0.05, 0.1) is 6.04 Å². The quantitative estimate of drug-likeness (QED) is 0.843. The molecule has 100 valence electrons. The summed E-state index contributed by atoms with van der Waals surface area (Å²) in [4.78, 5) is 11.1. The van der Waals surface area contributed by atoms with Crippen molar-refractivity contribution < 1.29 is 22.7 Å². The van der Waals surface area contributed by atoms with Crippen LogP contribution < -0.4 is 10.1 Å². The zero-order chi connectivity index (χ0) is 13.7. The fraction of sp³-hybridized carbons (Fsp3) is 0.364. The van der Waals surface area contributed by atoms with Gasteiger partial charge >= 0.3 is 6.61 Å². The van der Waals surface area contributed by atoms with E-state index in [1.54, 1.807) is 6.92 Å². The number of nitrogens with one attached hydrogen (secondary N) is 1. The second-order valence-corrected chi connectivity index (χ2v) is 3.75. The number of hydrogen-bond donors (Lipinski definition) is 1. The van der Waals surface area contributed by atoms with Crippen molar-refractivity contribution in [2.24, 2.45) is 0 Å². The maximum atomic E-state index is 13.0. The fourth-order valence-electron chi connectivity index (χ4n) is 1.42. The molecule has 18 heavy (non-hydrogen) atoms. The van der Waals surface area contributed by atoms with Gasteiger partial charge in [0.25, 0.3) is 0 Å². The topological polar surface area (TPSA) is 38.3 Å². The van der Waals surface area contributed by atoms with Crippen molar-refractivity contribution in [1.82, 2.24) is 5.32 Å². The summed E-state index contributed by atoms with van der Waals surface area (Å²) in [6, 6.07) is 2.58. The minimum Gasteiger partial charge on any atom is -0.434 e. The molecule has 0 fully saturated rings. The average Bonchev–Trinajstić information content (AvgIpc) is 2.27. The first-order chi connectivity index (χ1) is 8.43. The molecular formula is C11H11ClF3NO2. The second kappa shape index (κ2) is 6.49. The number of rotatable bonds is 5. The Hall–Kier alpha value is -1.43. The predicted octanol–water partition coefficient (Wildman–Crippen LogP) is 2.84. The molecule has 0 aliphatic heterocycles. The van der Waals surface area contributed by atoms with Gasteiger partial charge in [-0.1, -0.05) is 6.07 Å². The van der Waals surface area contributed by atoms with E-state index in [0.717, 1.165) is 12.1 Å². The number of alkyl halides is 3. The minimum absolute atomic E-state index is 0.246. The van der Waals surface area contributed by atoms with Gasteiger partial charge in [-0.3, -0.25) is 4.79 Å². The number of hydrogen-bond acceptors (Lipinski definition) is 2. The highest BCUT2D eigenvalue weighted by atomic mass is 35.5. The monoisotopic (exact) mass is 281 g/mol. The standard InChI is InChI=1S/C11H11ClF3NO2/c1-6(16-10(17)5-12)8-3-2-7(13)4-9(8)18-11(14)15/h2-4,6,11H,5H2,1H3,(H,16,17)/t6-/m1/s1. The molecule has 0 aliphatic rings. The number of carbonyl (C=O) groups is 1. The summed E-state index contributed by atoms with van der Waals surface area (Å²) in [5, 5.41) is 2.46. The lowest BCUT2D eigenvalue weighted by atomic mass is 10.1. The highest BCUT2D eigenvalue weighted by Gasteiger charge is 2.17. The van der Waals surface area contributed by atoms with Crippen LogP contribution in [-0.4, -0.2) is 18.4 Å². The maximum Gasteiger partial charge on any atom is 0.387 e. The Balaban J connectivity index is 2.95. The molecule has 1 rings (SSSR count). The molecule has 1 atom stereocenters. The summed E-state index contributed by atoms with van der Waals surface area (Å²) < 4.78 is 41.5. The van der Waals surface area contributed by atoms with Gasteiger partial charge in [0.15, 0.2) is 0 Å². The average molecular weight is 282 g/mol. The van der Waals surface area contributed by atoms with Crippen molar-refractivity contribution in [2.45, 2.75) is 19.6 Å². The first kappa shape index (κ1) is 14.6. The van der Waals surface area contributed by atoms with Gasteiger partial charge in [-0.15, -0.1) is 11.6 Å². The van der Waals surface area contributed by atoms with Gasteiger partial charge < -0.3 is 10.1 Å². The summed E-state index contributed by atoms with van der Waals surface area (Å²) in [6.45, 7) is -1.52. The van der Waals surface area contributed by atoms with E-state index in [4.69, 9.17) is 11.6 Å². The zero-order valence-electron chi connectivity index (χ0n) is 9.42. The summed E-state index contributed by atoms with van der Waals surface area (Å²) in [5.41, 5.74) is 0.246. The molecule has 0 spiro atoms. The Bertz CT molecular complexity index is 429. The molecule has 0 aliphatic carbocycles. The molecule has 1 aromatic carbocycles. The molecule has 1 aromatic rings. The smallest absolute Gasteiger partial charge is 0.387 e. The lowest BCUT2D eigenvalue weighted by Gasteiger charge is -2.17. The molecular weight excluding hydrogens is 271 g/mol. The van der Waals surface area contributed by atoms with Crippen LogP contribution >= 0.6 is 11.6 Å². The molecule has 0 saturated carbocycles. The van der Waals surface area contributed by atoms with Crippen LogP contribution in [0.2, 0.25) is 0 Å². The third kappa shape index (κ3) is 4.10. The molecule has 1 amide bonds. The van der Waals surface area contributed by atoms with Gasteiger partial charge in [-0.05, 0) is 13.0 Å². The van der Waals surface area contributed by atoms with E-state index < -0.39 is 24.4 Å². The van der Waals surface area contributed by atoms with E-state index in [9.17, 15) is 18.0 Å². The number of benzene rings is 1. The van der Waals surface area contributed by atoms with Gasteiger partial charge in [-0.25, -0.2) is 4.39 Å². The number of amides is 1. The Labute approximate surface area is 107 Å². The zero-order valence-corrected chi connectivity index (χ0v) is 10.2. The summed E-state index contributed by atoms with van der Waals surface area (Å²) in [7, 11) is 0. The van der Waals surface area contributed by atoms with Crippen LogP contribution in [0.3, 0.4) is 0 Å². The lowest BCUT2D eigenvalue weighted by Crippen LogP contribution is -2.28. The van der Waals surface area contributed by atoms with Crippen LogP contribution in [0.25, 0.3) is 0 Å². The third-order valence-electron chi connectivity index (χ3n) is 2.16. The van der Waals surface area contributed by atoms with Crippen molar-refractivity contribution in [1.29, 1.82) is 0 Å². The molecule has 0 saturated heterocycles. The largest absolute Gasteiger partial charge is 0.434 e. The number of carbonyl (C=O) groups excluding carboxylic acids is 1. The van der Waals surface area contributed by atoms with Gasteiger partial charge in [0.1, 0.15) is 17.4 Å². The van der Waals surface area contributed by atoms with E-state index in [1.165, 1.54) is 6.07 Å². The van der Waals surface area contributed by atoms with Crippen LogP contribution in [0.5, 0.6) is 5.75 Å². The van der Waals surface area contributed by atoms with E-state index in [-0.39, 0.29) is 17.2 Å². The maximum absolute atomic E-state index is 13.0. The molecule has 0 unspecified atom stereocenters. The van der Waals surface area contributed by atoms with Crippen LogP contribution in [0.1, 0.15) is 18.5 Å².